The van der Waals surface area contributed by atoms with Gasteiger partial charge in [0.05, 0.1) is 5.56 Å². The van der Waals surface area contributed by atoms with E-state index in [-0.39, 0.29) is 11.5 Å². The molecule has 0 aromatic heterocycles. The Labute approximate surface area is 117 Å². The van der Waals surface area contributed by atoms with Crippen LogP contribution in [0.15, 0.2) is 42.5 Å². The molecule has 4 heteroatoms. The number of aromatic carboxylic acids is 1. The van der Waals surface area contributed by atoms with Crippen molar-refractivity contribution >= 4 is 17.6 Å². The van der Waals surface area contributed by atoms with Gasteiger partial charge in [0.15, 0.2) is 0 Å². The first-order valence-corrected chi connectivity index (χ1v) is 6.20. The summed E-state index contributed by atoms with van der Waals surface area (Å²) in [6.45, 7) is 3.62. The zero-order chi connectivity index (χ0) is 14.7. The fourth-order valence-electron chi connectivity index (χ4n) is 1.90. The van der Waals surface area contributed by atoms with Crippen LogP contribution in [-0.4, -0.2) is 17.0 Å². The van der Waals surface area contributed by atoms with Gasteiger partial charge in [-0.1, -0.05) is 23.8 Å². The number of hydrogen-bond donors (Lipinski definition) is 2. The minimum atomic E-state index is -1.01. The summed E-state index contributed by atoms with van der Waals surface area (Å²) in [6.07, 6.45) is 0. The third kappa shape index (κ3) is 2.85. The minimum Gasteiger partial charge on any atom is -0.478 e. The lowest BCUT2D eigenvalue weighted by Crippen LogP contribution is -2.14. The molecule has 0 heterocycles. The molecule has 0 saturated carbocycles. The van der Waals surface area contributed by atoms with Crippen molar-refractivity contribution in [3.05, 3.63) is 64.7 Å². The standard InChI is InChI=1S/C16H15NO3/c1-10-6-8-12(9-7-10)15(18)17-14-5-3-4-13(11(14)2)16(19)20/h3-9H,1-2H3,(H,17,18)(H,19,20). The van der Waals surface area contributed by atoms with Gasteiger partial charge in [-0.3, -0.25) is 4.79 Å². The Morgan fingerprint density at radius 2 is 1.65 bits per heavy atom. The van der Waals surface area contributed by atoms with Crippen molar-refractivity contribution in [2.75, 3.05) is 5.32 Å². The molecule has 1 amide bonds. The first-order chi connectivity index (χ1) is 9.49. The molecule has 20 heavy (non-hydrogen) atoms. The van der Waals surface area contributed by atoms with Crippen molar-refractivity contribution in [2.24, 2.45) is 0 Å². The van der Waals surface area contributed by atoms with E-state index < -0.39 is 5.97 Å². The minimum absolute atomic E-state index is 0.187. The quantitative estimate of drug-likeness (QED) is 0.898. The number of hydrogen-bond acceptors (Lipinski definition) is 2. The van der Waals surface area contributed by atoms with Gasteiger partial charge in [0.2, 0.25) is 0 Å². The number of carbonyl (C=O) groups is 2. The largest absolute Gasteiger partial charge is 0.478 e. The molecule has 0 bridgehead atoms. The molecule has 0 aliphatic heterocycles. The van der Waals surface area contributed by atoms with Gasteiger partial charge in [-0.25, -0.2) is 4.79 Å². The number of carboxylic acid groups (broad SMARTS) is 1. The Hall–Kier alpha value is -2.62. The molecule has 0 unspecified atom stereocenters. The maximum atomic E-state index is 12.1. The molecule has 0 saturated heterocycles. The van der Waals surface area contributed by atoms with E-state index >= 15 is 0 Å². The highest BCUT2D eigenvalue weighted by Gasteiger charge is 2.12. The summed E-state index contributed by atoms with van der Waals surface area (Å²) in [5, 5.41) is 11.8. The van der Waals surface area contributed by atoms with E-state index in [0.717, 1.165) is 5.56 Å². The zero-order valence-corrected chi connectivity index (χ0v) is 11.3. The number of rotatable bonds is 3. The number of nitrogens with one attached hydrogen (secondary N) is 1. The predicted octanol–water partition coefficient (Wildman–Crippen LogP) is 3.25. The average Bonchev–Trinajstić information content (AvgIpc) is 2.41. The van der Waals surface area contributed by atoms with Gasteiger partial charge in [0, 0.05) is 11.3 Å². The summed E-state index contributed by atoms with van der Waals surface area (Å²) in [4.78, 5) is 23.2. The number of carboxylic acids is 1. The molecule has 0 aliphatic rings. The maximum Gasteiger partial charge on any atom is 0.336 e. The van der Waals surface area contributed by atoms with Crippen LogP contribution >= 0.6 is 0 Å². The van der Waals surface area contributed by atoms with Crippen molar-refractivity contribution in [1.82, 2.24) is 0 Å². The molecule has 0 aliphatic carbocycles. The second-order valence-corrected chi connectivity index (χ2v) is 4.60. The monoisotopic (exact) mass is 269 g/mol. The summed E-state index contributed by atoms with van der Waals surface area (Å²) in [7, 11) is 0. The van der Waals surface area contributed by atoms with Crippen LogP contribution in [-0.2, 0) is 0 Å². The van der Waals surface area contributed by atoms with Crippen LogP contribution in [0.1, 0.15) is 31.8 Å². The van der Waals surface area contributed by atoms with E-state index in [2.05, 4.69) is 5.32 Å². The average molecular weight is 269 g/mol. The SMILES string of the molecule is Cc1ccc(C(=O)Nc2cccc(C(=O)O)c2C)cc1. The number of carbonyl (C=O) groups excluding carboxylic acids is 1. The van der Waals surface area contributed by atoms with Gasteiger partial charge in [-0.05, 0) is 43.7 Å². The molecule has 0 atom stereocenters. The van der Waals surface area contributed by atoms with Crippen molar-refractivity contribution in [3.63, 3.8) is 0 Å². The smallest absolute Gasteiger partial charge is 0.336 e. The van der Waals surface area contributed by atoms with Crippen molar-refractivity contribution < 1.29 is 14.7 Å². The summed E-state index contributed by atoms with van der Waals surface area (Å²) in [5.74, 6) is -1.26. The fraction of sp³-hybridized carbons (Fsp3) is 0.125. The van der Waals surface area contributed by atoms with E-state index in [1.165, 1.54) is 6.07 Å². The Bertz CT molecular complexity index is 660. The fourth-order valence-corrected chi connectivity index (χ4v) is 1.90. The van der Waals surface area contributed by atoms with E-state index in [4.69, 9.17) is 5.11 Å². The third-order valence-electron chi connectivity index (χ3n) is 3.13. The Balaban J connectivity index is 2.26. The molecule has 102 valence electrons. The number of anilines is 1. The first kappa shape index (κ1) is 13.8. The van der Waals surface area contributed by atoms with Crippen LogP contribution in [0.25, 0.3) is 0 Å². The number of aryl methyl sites for hydroxylation is 1. The highest BCUT2D eigenvalue weighted by Crippen LogP contribution is 2.19. The van der Waals surface area contributed by atoms with Crippen LogP contribution in [0.2, 0.25) is 0 Å². The van der Waals surface area contributed by atoms with Gasteiger partial charge in [-0.2, -0.15) is 0 Å². The third-order valence-corrected chi connectivity index (χ3v) is 3.13. The molecular weight excluding hydrogens is 254 g/mol. The van der Waals surface area contributed by atoms with Crippen LogP contribution < -0.4 is 5.32 Å². The first-order valence-electron chi connectivity index (χ1n) is 6.20. The number of amides is 1. The normalized spacial score (nSPS) is 10.1. The van der Waals surface area contributed by atoms with E-state index in [1.807, 2.05) is 19.1 Å². The van der Waals surface area contributed by atoms with Gasteiger partial charge >= 0.3 is 5.97 Å². The Kier molecular flexibility index (Phi) is 3.84. The van der Waals surface area contributed by atoms with Gasteiger partial charge in [-0.15, -0.1) is 0 Å². The highest BCUT2D eigenvalue weighted by atomic mass is 16.4. The van der Waals surface area contributed by atoms with Crippen LogP contribution in [0.3, 0.4) is 0 Å². The van der Waals surface area contributed by atoms with E-state index in [1.54, 1.807) is 31.2 Å². The van der Waals surface area contributed by atoms with Gasteiger partial charge in [0.1, 0.15) is 0 Å². The lowest BCUT2D eigenvalue weighted by atomic mass is 10.1. The lowest BCUT2D eigenvalue weighted by molar-refractivity contribution is 0.0695. The van der Waals surface area contributed by atoms with E-state index in [9.17, 15) is 9.59 Å². The molecule has 2 aromatic carbocycles. The van der Waals surface area contributed by atoms with Crippen LogP contribution in [0, 0.1) is 13.8 Å². The maximum absolute atomic E-state index is 12.1. The molecule has 0 spiro atoms. The van der Waals surface area contributed by atoms with Gasteiger partial charge < -0.3 is 10.4 Å². The summed E-state index contributed by atoms with van der Waals surface area (Å²) in [6, 6.07) is 12.0. The Morgan fingerprint density at radius 3 is 2.25 bits per heavy atom. The number of benzene rings is 2. The topological polar surface area (TPSA) is 66.4 Å². The predicted molar refractivity (Wildman–Crippen MR) is 77.3 cm³/mol. The molecule has 0 radical (unpaired) electrons. The molecule has 4 nitrogen and oxygen atoms in total. The van der Waals surface area contributed by atoms with Crippen LogP contribution in [0.4, 0.5) is 5.69 Å². The highest BCUT2D eigenvalue weighted by molar-refractivity contribution is 6.05. The van der Waals surface area contributed by atoms with Crippen molar-refractivity contribution in [2.45, 2.75) is 13.8 Å². The Morgan fingerprint density at radius 1 is 1.00 bits per heavy atom. The molecule has 2 aromatic rings. The molecule has 0 fully saturated rings. The summed E-state index contributed by atoms with van der Waals surface area (Å²) < 4.78 is 0. The van der Waals surface area contributed by atoms with Crippen molar-refractivity contribution in [1.29, 1.82) is 0 Å². The molecule has 2 N–H and O–H groups in total. The van der Waals surface area contributed by atoms with Gasteiger partial charge in [0.25, 0.3) is 5.91 Å². The summed E-state index contributed by atoms with van der Waals surface area (Å²) in [5.41, 5.74) is 2.85. The zero-order valence-electron chi connectivity index (χ0n) is 11.3. The van der Waals surface area contributed by atoms with Crippen LogP contribution in [0.5, 0.6) is 0 Å². The molecular formula is C16H15NO3. The summed E-state index contributed by atoms with van der Waals surface area (Å²) >= 11 is 0. The van der Waals surface area contributed by atoms with E-state index in [0.29, 0.717) is 16.8 Å². The second-order valence-electron chi connectivity index (χ2n) is 4.60. The second kappa shape index (κ2) is 5.57. The van der Waals surface area contributed by atoms with Crippen molar-refractivity contribution in [3.8, 4) is 0 Å². The molecule has 2 rings (SSSR count). The lowest BCUT2D eigenvalue weighted by Gasteiger charge is -2.10.